The summed E-state index contributed by atoms with van der Waals surface area (Å²) in [5.41, 5.74) is 1.18. The summed E-state index contributed by atoms with van der Waals surface area (Å²) in [6.07, 6.45) is 5.83. The van der Waals surface area contributed by atoms with Crippen LogP contribution in [0.25, 0.3) is 0 Å². The molecule has 0 saturated carbocycles. The first kappa shape index (κ1) is 13.0. The van der Waals surface area contributed by atoms with Gasteiger partial charge >= 0.3 is 0 Å². The van der Waals surface area contributed by atoms with E-state index in [1.165, 1.54) is 10.4 Å². The first-order valence-corrected chi connectivity index (χ1v) is 8.06. The number of rotatable bonds is 3. The molecular weight excluding hydrogens is 284 g/mol. The summed E-state index contributed by atoms with van der Waals surface area (Å²) in [6, 6.07) is 4.12. The highest BCUT2D eigenvalue weighted by molar-refractivity contribution is 7.15. The molecule has 2 aliphatic heterocycles. The number of thiazole rings is 1. The van der Waals surface area contributed by atoms with Crippen molar-refractivity contribution in [2.75, 3.05) is 25.5 Å². The normalized spacial score (nSPS) is 24.2. The van der Waals surface area contributed by atoms with Crippen LogP contribution in [0.15, 0.2) is 24.5 Å². The molecule has 1 fully saturated rings. The van der Waals surface area contributed by atoms with Gasteiger partial charge in [-0.25, -0.2) is 9.97 Å². The lowest BCUT2D eigenvalue weighted by molar-refractivity contribution is 0.0965. The first-order chi connectivity index (χ1) is 10.3. The lowest BCUT2D eigenvalue weighted by Crippen LogP contribution is -2.37. The fraction of sp³-hybridized carbons (Fsp3) is 0.467. The van der Waals surface area contributed by atoms with Crippen molar-refractivity contribution >= 4 is 16.5 Å². The van der Waals surface area contributed by atoms with Crippen LogP contribution in [0.2, 0.25) is 0 Å². The van der Waals surface area contributed by atoms with Gasteiger partial charge < -0.3 is 10.1 Å². The molecule has 1 saturated heterocycles. The SMILES string of the molecule is CNc1ncc(CN2CCC3(Cc4cccnc4O3)C2)s1. The van der Waals surface area contributed by atoms with Gasteiger partial charge in [0.1, 0.15) is 5.60 Å². The molecule has 2 aromatic rings. The number of likely N-dealkylation sites (tertiary alicyclic amines) is 1. The molecule has 110 valence electrons. The molecule has 0 amide bonds. The van der Waals surface area contributed by atoms with Crippen molar-refractivity contribution in [3.05, 3.63) is 35.0 Å². The molecule has 0 aliphatic carbocycles. The smallest absolute Gasteiger partial charge is 0.217 e. The second-order valence-electron chi connectivity index (χ2n) is 5.77. The third-order valence-corrected chi connectivity index (χ3v) is 5.22. The number of nitrogens with zero attached hydrogens (tertiary/aromatic N) is 3. The highest BCUT2D eigenvalue weighted by Gasteiger charge is 2.45. The van der Waals surface area contributed by atoms with Gasteiger partial charge in [0.05, 0.1) is 0 Å². The third kappa shape index (κ3) is 2.38. The molecule has 4 rings (SSSR count). The maximum Gasteiger partial charge on any atom is 0.217 e. The van der Waals surface area contributed by atoms with Crippen LogP contribution in [-0.4, -0.2) is 40.6 Å². The number of ether oxygens (including phenoxy) is 1. The number of aromatic nitrogens is 2. The number of fused-ring (bicyclic) bond motifs is 1. The molecule has 6 heteroatoms. The number of hydrogen-bond acceptors (Lipinski definition) is 6. The topological polar surface area (TPSA) is 50.3 Å². The van der Waals surface area contributed by atoms with E-state index in [2.05, 4.69) is 26.3 Å². The van der Waals surface area contributed by atoms with Crippen molar-refractivity contribution < 1.29 is 4.74 Å². The average molecular weight is 302 g/mol. The van der Waals surface area contributed by atoms with Crippen LogP contribution < -0.4 is 10.1 Å². The summed E-state index contributed by atoms with van der Waals surface area (Å²) in [7, 11) is 1.91. The fourth-order valence-electron chi connectivity index (χ4n) is 3.25. The van der Waals surface area contributed by atoms with Gasteiger partial charge in [-0.1, -0.05) is 6.07 Å². The molecule has 2 aliphatic rings. The summed E-state index contributed by atoms with van der Waals surface area (Å²) in [5.74, 6) is 0.828. The zero-order valence-corrected chi connectivity index (χ0v) is 12.8. The van der Waals surface area contributed by atoms with Crippen LogP contribution in [0, 0.1) is 0 Å². The Morgan fingerprint density at radius 1 is 1.48 bits per heavy atom. The summed E-state index contributed by atoms with van der Waals surface area (Å²) in [4.78, 5) is 12.4. The van der Waals surface area contributed by atoms with E-state index in [1.54, 1.807) is 17.5 Å². The van der Waals surface area contributed by atoms with Crippen molar-refractivity contribution in [3.8, 4) is 5.88 Å². The van der Waals surface area contributed by atoms with E-state index in [0.29, 0.717) is 0 Å². The van der Waals surface area contributed by atoms with E-state index in [1.807, 2.05) is 19.3 Å². The number of hydrogen-bond donors (Lipinski definition) is 1. The molecule has 1 spiro atoms. The molecule has 0 bridgehead atoms. The summed E-state index contributed by atoms with van der Waals surface area (Å²) in [6.45, 7) is 2.99. The summed E-state index contributed by atoms with van der Waals surface area (Å²) < 4.78 is 6.17. The quantitative estimate of drug-likeness (QED) is 0.941. The zero-order valence-electron chi connectivity index (χ0n) is 12.0. The van der Waals surface area contributed by atoms with Crippen molar-refractivity contribution in [1.29, 1.82) is 0 Å². The molecule has 1 atom stereocenters. The Balaban J connectivity index is 1.44. The molecule has 1 N–H and O–H groups in total. The van der Waals surface area contributed by atoms with Gasteiger partial charge in [0.15, 0.2) is 5.13 Å². The van der Waals surface area contributed by atoms with Crippen LogP contribution in [0.3, 0.4) is 0 Å². The van der Waals surface area contributed by atoms with E-state index in [-0.39, 0.29) is 5.60 Å². The maximum atomic E-state index is 6.17. The van der Waals surface area contributed by atoms with Crippen LogP contribution in [-0.2, 0) is 13.0 Å². The maximum absolute atomic E-state index is 6.17. The highest BCUT2D eigenvalue weighted by atomic mass is 32.1. The summed E-state index contributed by atoms with van der Waals surface area (Å²) in [5, 5.41) is 4.07. The Kier molecular flexibility index (Phi) is 3.08. The van der Waals surface area contributed by atoms with Crippen LogP contribution in [0.5, 0.6) is 5.88 Å². The van der Waals surface area contributed by atoms with Crippen molar-refractivity contribution in [2.45, 2.75) is 25.0 Å². The Labute approximate surface area is 128 Å². The second-order valence-corrected chi connectivity index (χ2v) is 6.89. The minimum Gasteiger partial charge on any atom is -0.469 e. The van der Waals surface area contributed by atoms with Gasteiger partial charge in [0.25, 0.3) is 0 Å². The van der Waals surface area contributed by atoms with Gasteiger partial charge in [-0.2, -0.15) is 0 Å². The molecule has 0 radical (unpaired) electrons. The van der Waals surface area contributed by atoms with Crippen molar-refractivity contribution in [2.24, 2.45) is 0 Å². The van der Waals surface area contributed by atoms with Gasteiger partial charge in [0.2, 0.25) is 5.88 Å². The third-order valence-electron chi connectivity index (χ3n) is 4.22. The molecule has 1 unspecified atom stereocenters. The second kappa shape index (κ2) is 4.96. The van der Waals surface area contributed by atoms with E-state index >= 15 is 0 Å². The Morgan fingerprint density at radius 2 is 2.43 bits per heavy atom. The monoisotopic (exact) mass is 302 g/mol. The summed E-state index contributed by atoms with van der Waals surface area (Å²) >= 11 is 1.72. The predicted molar refractivity (Wildman–Crippen MR) is 82.9 cm³/mol. The molecule has 2 aromatic heterocycles. The number of pyridine rings is 1. The first-order valence-electron chi connectivity index (χ1n) is 7.24. The standard InChI is InChI=1S/C15H18N4OS/c1-16-14-18-8-12(21-14)9-19-6-4-15(10-19)7-11-3-2-5-17-13(11)20-15/h2-3,5,8H,4,6-7,9-10H2,1H3,(H,16,18). The Morgan fingerprint density at radius 3 is 3.24 bits per heavy atom. The van der Waals surface area contributed by atoms with E-state index in [4.69, 9.17) is 4.74 Å². The Hall–Kier alpha value is -1.66. The average Bonchev–Trinajstić information content (AvgIpc) is 3.18. The molecule has 5 nitrogen and oxygen atoms in total. The molecule has 4 heterocycles. The minimum absolute atomic E-state index is 0.0623. The minimum atomic E-state index is -0.0623. The van der Waals surface area contributed by atoms with E-state index in [9.17, 15) is 0 Å². The predicted octanol–water partition coefficient (Wildman–Crippen LogP) is 2.16. The number of nitrogens with one attached hydrogen (secondary N) is 1. The molecular formula is C15H18N4OS. The zero-order chi connectivity index (χ0) is 14.3. The van der Waals surface area contributed by atoms with Gasteiger partial charge in [-0.05, 0) is 6.07 Å². The lowest BCUT2D eigenvalue weighted by atomic mass is 9.97. The number of anilines is 1. The van der Waals surface area contributed by atoms with E-state index in [0.717, 1.165) is 43.5 Å². The molecule has 0 aromatic carbocycles. The Bertz CT molecular complexity index is 632. The highest BCUT2D eigenvalue weighted by Crippen LogP contribution is 2.39. The lowest BCUT2D eigenvalue weighted by Gasteiger charge is -2.23. The largest absolute Gasteiger partial charge is 0.469 e. The van der Waals surface area contributed by atoms with Crippen molar-refractivity contribution in [1.82, 2.24) is 14.9 Å². The van der Waals surface area contributed by atoms with E-state index < -0.39 is 0 Å². The van der Waals surface area contributed by atoms with Crippen LogP contribution in [0.4, 0.5) is 5.13 Å². The van der Waals surface area contributed by atoms with Crippen LogP contribution in [0.1, 0.15) is 16.9 Å². The van der Waals surface area contributed by atoms with Crippen LogP contribution >= 0.6 is 11.3 Å². The molecule has 21 heavy (non-hydrogen) atoms. The van der Waals surface area contributed by atoms with Crippen molar-refractivity contribution in [3.63, 3.8) is 0 Å². The van der Waals surface area contributed by atoms with Gasteiger partial charge in [-0.15, -0.1) is 11.3 Å². The fourth-order valence-corrected chi connectivity index (χ4v) is 4.05. The van der Waals surface area contributed by atoms with Gasteiger partial charge in [-0.3, -0.25) is 4.90 Å². The van der Waals surface area contributed by atoms with Gasteiger partial charge in [0, 0.05) is 62.4 Å².